The second-order valence-corrected chi connectivity index (χ2v) is 34.0. The van der Waals surface area contributed by atoms with Crippen LogP contribution in [0.1, 0.15) is 421 Å². The number of phosphoric ester groups is 2. The summed E-state index contributed by atoms with van der Waals surface area (Å²) in [5.41, 5.74) is 0. The molecule has 0 radical (unpaired) electrons. The van der Waals surface area contributed by atoms with E-state index in [9.17, 15) is 43.2 Å². The van der Waals surface area contributed by atoms with Gasteiger partial charge in [0.15, 0.2) is 12.2 Å². The van der Waals surface area contributed by atoms with E-state index < -0.39 is 97.5 Å². The van der Waals surface area contributed by atoms with Gasteiger partial charge in [-0.25, -0.2) is 9.13 Å². The van der Waals surface area contributed by atoms with E-state index >= 15 is 0 Å². The molecule has 0 aliphatic rings. The largest absolute Gasteiger partial charge is 0.472 e. The van der Waals surface area contributed by atoms with Crippen molar-refractivity contribution in [2.24, 2.45) is 17.8 Å². The number of phosphoric acid groups is 2. The van der Waals surface area contributed by atoms with E-state index in [2.05, 4.69) is 72.8 Å². The molecule has 104 heavy (non-hydrogen) atoms. The Balaban J connectivity index is 5.24. The molecule has 0 heterocycles. The topological polar surface area (TPSA) is 237 Å². The average molecular weight is 1520 g/mol. The van der Waals surface area contributed by atoms with E-state index in [0.29, 0.717) is 25.7 Å². The second-order valence-electron chi connectivity index (χ2n) is 31.1. The fraction of sp³-hybridized carbons (Fsp3) is 0.906. The zero-order valence-electron chi connectivity index (χ0n) is 68.0. The Bertz CT molecular complexity index is 2110. The minimum atomic E-state index is -4.97. The van der Waals surface area contributed by atoms with Gasteiger partial charge in [0.25, 0.3) is 0 Å². The van der Waals surface area contributed by atoms with Gasteiger partial charge in [-0.15, -0.1) is 0 Å². The van der Waals surface area contributed by atoms with Crippen LogP contribution in [0.25, 0.3) is 0 Å². The summed E-state index contributed by atoms with van der Waals surface area (Å²) in [4.78, 5) is 73.1. The fourth-order valence-corrected chi connectivity index (χ4v) is 14.2. The molecule has 0 aliphatic carbocycles. The lowest BCUT2D eigenvalue weighted by molar-refractivity contribution is -0.161. The van der Waals surface area contributed by atoms with Crippen LogP contribution in [0, 0.1) is 17.8 Å². The third-order valence-corrected chi connectivity index (χ3v) is 21.5. The van der Waals surface area contributed by atoms with Crippen LogP contribution >= 0.6 is 15.6 Å². The molecule has 0 aromatic rings. The van der Waals surface area contributed by atoms with Crippen molar-refractivity contribution in [3.8, 4) is 0 Å². The van der Waals surface area contributed by atoms with Crippen molar-refractivity contribution in [3.05, 3.63) is 24.3 Å². The van der Waals surface area contributed by atoms with Crippen molar-refractivity contribution in [1.29, 1.82) is 0 Å². The number of esters is 4. The number of allylic oxidation sites excluding steroid dienone is 4. The molecule has 0 rings (SSSR count). The molecule has 0 saturated heterocycles. The maximum Gasteiger partial charge on any atom is 0.472 e. The van der Waals surface area contributed by atoms with Crippen LogP contribution in [0.4, 0.5) is 0 Å². The Morgan fingerprint density at radius 1 is 0.317 bits per heavy atom. The van der Waals surface area contributed by atoms with Gasteiger partial charge in [0, 0.05) is 25.7 Å². The monoisotopic (exact) mass is 1520 g/mol. The first-order chi connectivity index (χ1) is 50.3. The van der Waals surface area contributed by atoms with Crippen LogP contribution in [0.15, 0.2) is 24.3 Å². The van der Waals surface area contributed by atoms with Crippen LogP contribution in [-0.2, 0) is 65.4 Å². The predicted molar refractivity (Wildman–Crippen MR) is 427 cm³/mol. The quantitative estimate of drug-likeness (QED) is 0.0169. The molecule has 614 valence electrons. The second kappa shape index (κ2) is 74.6. The van der Waals surface area contributed by atoms with Gasteiger partial charge in [-0.3, -0.25) is 37.3 Å². The molecule has 6 atom stereocenters. The van der Waals surface area contributed by atoms with E-state index in [0.717, 1.165) is 127 Å². The standard InChI is InChI=1S/C85H162O17P2/c1-8-10-11-12-13-14-15-16-22-30-35-40-45-54-61-68-84(89)101-80(72-95-82(87)66-59-52-44-39-34-29-25-20-18-17-19-23-27-32-37-42-49-56-63-76(3)4)74-99-103(91,92)97-70-79(86)71-98-104(93,94)100-75-81(73-96-83(88)67-60-53-48-47-51-58-65-78(7)9-2)102-85(90)69-62-55-46-41-36-31-26-21-24-28-33-38-43-50-57-64-77(5)6/h14-16,22,76-81,86H,8-13,17-21,23-75H2,1-7H3,(H,91,92)(H,93,94)/b15-14-,22-16-/t78?,79-,80-,81-/m1/s1. The zero-order valence-corrected chi connectivity index (χ0v) is 69.8. The Hall–Kier alpha value is -2.46. The average Bonchev–Trinajstić information content (AvgIpc) is 0.943. The van der Waals surface area contributed by atoms with E-state index in [1.165, 1.54) is 212 Å². The van der Waals surface area contributed by atoms with Gasteiger partial charge in [0.2, 0.25) is 0 Å². The minimum absolute atomic E-state index is 0.0853. The highest BCUT2D eigenvalue weighted by molar-refractivity contribution is 7.47. The lowest BCUT2D eigenvalue weighted by atomic mass is 10.00. The number of carbonyl (C=O) groups is 4. The predicted octanol–water partition coefficient (Wildman–Crippen LogP) is 25.3. The molecule has 3 unspecified atom stereocenters. The third-order valence-electron chi connectivity index (χ3n) is 19.6. The molecule has 0 aromatic carbocycles. The lowest BCUT2D eigenvalue weighted by Crippen LogP contribution is -2.30. The van der Waals surface area contributed by atoms with Gasteiger partial charge >= 0.3 is 39.5 Å². The maximum atomic E-state index is 13.1. The molecule has 0 spiro atoms. The number of rotatable bonds is 81. The molecule has 17 nitrogen and oxygen atoms in total. The number of carbonyl (C=O) groups excluding carboxylic acids is 4. The third kappa shape index (κ3) is 76.3. The normalized spacial score (nSPS) is 14.3. The number of aliphatic hydroxyl groups is 1. The van der Waals surface area contributed by atoms with E-state index in [1.807, 2.05) is 0 Å². The Labute approximate surface area is 637 Å². The zero-order chi connectivity index (χ0) is 76.5. The smallest absolute Gasteiger partial charge is 0.462 e. The highest BCUT2D eigenvalue weighted by Crippen LogP contribution is 2.45. The summed E-state index contributed by atoms with van der Waals surface area (Å²) in [5, 5.41) is 10.7. The number of unbranched alkanes of at least 4 members (excludes halogenated alkanes) is 45. The first-order valence-corrected chi connectivity index (χ1v) is 46.2. The Morgan fingerprint density at radius 3 is 0.856 bits per heavy atom. The summed E-state index contributed by atoms with van der Waals surface area (Å²) >= 11 is 0. The number of hydrogen-bond acceptors (Lipinski definition) is 15. The molecule has 0 saturated carbocycles. The SMILES string of the molecule is CCCCCC/C=C\C=C/CCCCCCCC(=O)O[C@H](COC(=O)CCCCCCCCCCCCCCCCCCCCC(C)C)COP(=O)(O)OC[C@@H](O)COP(=O)(O)OC[C@@H](COC(=O)CCCCCCCCC(C)CC)OC(=O)CCCCCCCCCCCCCCCCCC(C)C. The lowest BCUT2D eigenvalue weighted by Gasteiger charge is -2.21. The number of ether oxygens (including phenoxy) is 4. The van der Waals surface area contributed by atoms with E-state index in [4.69, 9.17) is 37.0 Å². The van der Waals surface area contributed by atoms with Crippen molar-refractivity contribution in [2.45, 2.75) is 439 Å². The summed E-state index contributed by atoms with van der Waals surface area (Å²) in [7, 11) is -9.94. The molecule has 0 fully saturated rings. The first kappa shape index (κ1) is 102. The van der Waals surface area contributed by atoms with Gasteiger partial charge in [-0.2, -0.15) is 0 Å². The number of aliphatic hydroxyl groups excluding tert-OH is 1. The van der Waals surface area contributed by atoms with E-state index in [1.54, 1.807) is 0 Å². The van der Waals surface area contributed by atoms with Crippen LogP contribution in [0.3, 0.4) is 0 Å². The molecular weight excluding hydrogens is 1350 g/mol. The first-order valence-electron chi connectivity index (χ1n) is 43.2. The van der Waals surface area contributed by atoms with Gasteiger partial charge in [-0.1, -0.05) is 368 Å². The summed E-state index contributed by atoms with van der Waals surface area (Å²) in [6.07, 6.45) is 67.5. The van der Waals surface area contributed by atoms with Gasteiger partial charge < -0.3 is 33.8 Å². The summed E-state index contributed by atoms with van der Waals surface area (Å²) in [5.74, 6) is 0.214. The summed E-state index contributed by atoms with van der Waals surface area (Å²) in [6.45, 7) is 11.9. The Morgan fingerprint density at radius 2 is 0.567 bits per heavy atom. The highest BCUT2D eigenvalue weighted by Gasteiger charge is 2.30. The van der Waals surface area contributed by atoms with Crippen molar-refractivity contribution >= 4 is 39.5 Å². The van der Waals surface area contributed by atoms with Crippen LogP contribution in [-0.4, -0.2) is 96.7 Å². The summed E-state index contributed by atoms with van der Waals surface area (Å²) in [6, 6.07) is 0. The molecule has 3 N–H and O–H groups in total. The van der Waals surface area contributed by atoms with E-state index in [-0.39, 0.29) is 25.7 Å². The molecule has 0 amide bonds. The van der Waals surface area contributed by atoms with Crippen LogP contribution in [0.5, 0.6) is 0 Å². The highest BCUT2D eigenvalue weighted by atomic mass is 31.2. The fourth-order valence-electron chi connectivity index (χ4n) is 12.6. The minimum Gasteiger partial charge on any atom is -0.462 e. The molecule has 19 heteroatoms. The maximum absolute atomic E-state index is 13.1. The van der Waals surface area contributed by atoms with Crippen molar-refractivity contribution in [1.82, 2.24) is 0 Å². The van der Waals surface area contributed by atoms with Crippen molar-refractivity contribution in [3.63, 3.8) is 0 Å². The van der Waals surface area contributed by atoms with Crippen molar-refractivity contribution in [2.75, 3.05) is 39.6 Å². The molecular formula is C85H162O17P2. The van der Waals surface area contributed by atoms with Crippen LogP contribution < -0.4 is 0 Å². The van der Waals surface area contributed by atoms with Crippen LogP contribution in [0.2, 0.25) is 0 Å². The Kier molecular flexibility index (Phi) is 72.9. The molecule has 0 aliphatic heterocycles. The van der Waals surface area contributed by atoms with Gasteiger partial charge in [-0.05, 0) is 69.1 Å². The number of hydrogen-bond donors (Lipinski definition) is 3. The van der Waals surface area contributed by atoms with Crippen molar-refractivity contribution < 1.29 is 80.2 Å². The summed E-state index contributed by atoms with van der Waals surface area (Å²) < 4.78 is 68.8. The molecule has 0 bridgehead atoms. The molecule has 0 aromatic heterocycles. The van der Waals surface area contributed by atoms with Gasteiger partial charge in [0.05, 0.1) is 26.4 Å². The van der Waals surface area contributed by atoms with Gasteiger partial charge in [0.1, 0.15) is 19.3 Å².